The van der Waals surface area contributed by atoms with Gasteiger partial charge in [0.05, 0.1) is 0 Å². The lowest BCUT2D eigenvalue weighted by Gasteiger charge is -2.42. The van der Waals surface area contributed by atoms with Crippen LogP contribution in [0.25, 0.3) is 0 Å². The Morgan fingerprint density at radius 1 is 1.25 bits per heavy atom. The van der Waals surface area contributed by atoms with Crippen LogP contribution in [0.1, 0.15) is 34.1 Å². The molecule has 1 aliphatic heterocycles. The SMILES string of the molecule is CCCN1N=CN(C(C)(C)C)C1C(Cl)(Cl)Cl. The zero-order valence-electron chi connectivity index (χ0n) is 10.0. The molecule has 1 atom stereocenters. The summed E-state index contributed by atoms with van der Waals surface area (Å²) in [5.41, 5.74) is -0.124. The van der Waals surface area contributed by atoms with Crippen LogP contribution in [-0.2, 0) is 0 Å². The molecule has 1 rings (SSSR count). The fourth-order valence-electron chi connectivity index (χ4n) is 1.67. The number of rotatable bonds is 2. The van der Waals surface area contributed by atoms with E-state index in [4.69, 9.17) is 34.8 Å². The first kappa shape index (κ1) is 14.2. The lowest BCUT2D eigenvalue weighted by molar-refractivity contribution is 0.0784. The summed E-state index contributed by atoms with van der Waals surface area (Å²) in [6.45, 7) is 9.06. The molecule has 0 saturated heterocycles. The van der Waals surface area contributed by atoms with Crippen molar-refractivity contribution in [1.29, 1.82) is 0 Å². The number of hydrogen-bond donors (Lipinski definition) is 0. The molecule has 94 valence electrons. The van der Waals surface area contributed by atoms with Crippen molar-refractivity contribution in [2.24, 2.45) is 5.10 Å². The van der Waals surface area contributed by atoms with Crippen LogP contribution < -0.4 is 0 Å². The second-order valence-corrected chi connectivity index (χ2v) is 7.26. The second-order valence-electron chi connectivity index (χ2n) is 4.89. The van der Waals surface area contributed by atoms with Crippen molar-refractivity contribution >= 4 is 41.1 Å². The van der Waals surface area contributed by atoms with E-state index in [2.05, 4.69) is 32.8 Å². The van der Waals surface area contributed by atoms with Crippen LogP contribution >= 0.6 is 34.8 Å². The average Bonchev–Trinajstić information content (AvgIpc) is 2.46. The summed E-state index contributed by atoms with van der Waals surface area (Å²) in [5, 5.41) is 6.13. The van der Waals surface area contributed by atoms with E-state index in [9.17, 15) is 0 Å². The number of hydrogen-bond acceptors (Lipinski definition) is 3. The predicted molar refractivity (Wildman–Crippen MR) is 71.2 cm³/mol. The molecule has 1 unspecified atom stereocenters. The van der Waals surface area contributed by atoms with Crippen LogP contribution in [0.15, 0.2) is 5.10 Å². The van der Waals surface area contributed by atoms with E-state index in [1.54, 1.807) is 6.34 Å². The summed E-state index contributed by atoms with van der Waals surface area (Å²) in [7, 11) is 0. The Hall–Kier alpha value is 0.140. The van der Waals surface area contributed by atoms with Crippen molar-refractivity contribution in [3.63, 3.8) is 0 Å². The maximum absolute atomic E-state index is 6.04. The van der Waals surface area contributed by atoms with Gasteiger partial charge in [0.25, 0.3) is 0 Å². The molecular weight excluding hydrogens is 268 g/mol. The van der Waals surface area contributed by atoms with Gasteiger partial charge in [-0.25, -0.2) is 0 Å². The smallest absolute Gasteiger partial charge is 0.230 e. The summed E-state index contributed by atoms with van der Waals surface area (Å²) >= 11 is 18.1. The molecule has 1 aliphatic rings. The van der Waals surface area contributed by atoms with Gasteiger partial charge < -0.3 is 4.90 Å². The molecule has 1 heterocycles. The summed E-state index contributed by atoms with van der Waals surface area (Å²) in [4.78, 5) is 1.98. The highest BCUT2D eigenvalue weighted by Crippen LogP contribution is 2.39. The van der Waals surface area contributed by atoms with E-state index in [0.29, 0.717) is 0 Å². The van der Waals surface area contributed by atoms with E-state index in [1.165, 1.54) is 0 Å². The van der Waals surface area contributed by atoms with E-state index in [-0.39, 0.29) is 11.7 Å². The predicted octanol–water partition coefficient (Wildman–Crippen LogP) is 3.45. The normalized spacial score (nSPS) is 22.1. The molecule has 0 saturated carbocycles. The van der Waals surface area contributed by atoms with Gasteiger partial charge in [-0.2, -0.15) is 5.10 Å². The maximum atomic E-state index is 6.04. The zero-order chi connectivity index (χ0) is 12.6. The molecule has 0 aliphatic carbocycles. The number of halogens is 3. The highest BCUT2D eigenvalue weighted by atomic mass is 35.6. The molecule has 0 spiro atoms. The molecule has 0 amide bonds. The topological polar surface area (TPSA) is 18.8 Å². The molecule has 0 bridgehead atoms. The molecule has 3 nitrogen and oxygen atoms in total. The minimum Gasteiger partial charge on any atom is -0.331 e. The van der Waals surface area contributed by atoms with Crippen molar-refractivity contribution in [3.8, 4) is 0 Å². The number of hydrazone groups is 1. The van der Waals surface area contributed by atoms with Crippen molar-refractivity contribution in [3.05, 3.63) is 0 Å². The van der Waals surface area contributed by atoms with Crippen molar-refractivity contribution < 1.29 is 0 Å². The van der Waals surface area contributed by atoms with Gasteiger partial charge in [0.15, 0.2) is 6.17 Å². The third-order valence-electron chi connectivity index (χ3n) is 2.39. The molecule has 0 N–H and O–H groups in total. The Balaban J connectivity index is 2.93. The van der Waals surface area contributed by atoms with Gasteiger partial charge in [0.2, 0.25) is 3.79 Å². The molecule has 0 aromatic carbocycles. The van der Waals surface area contributed by atoms with Gasteiger partial charge in [0.1, 0.15) is 6.34 Å². The van der Waals surface area contributed by atoms with Gasteiger partial charge in [0, 0.05) is 12.1 Å². The summed E-state index contributed by atoms with van der Waals surface area (Å²) in [6, 6.07) is 0. The van der Waals surface area contributed by atoms with Crippen LogP contribution in [0.4, 0.5) is 0 Å². The maximum Gasteiger partial charge on any atom is 0.230 e. The van der Waals surface area contributed by atoms with Gasteiger partial charge in [-0.15, -0.1) is 0 Å². The Labute approximate surface area is 112 Å². The monoisotopic (exact) mass is 285 g/mol. The van der Waals surface area contributed by atoms with Crippen molar-refractivity contribution in [1.82, 2.24) is 9.91 Å². The van der Waals surface area contributed by atoms with E-state index < -0.39 is 3.79 Å². The molecule has 0 aromatic rings. The highest BCUT2D eigenvalue weighted by molar-refractivity contribution is 6.68. The Morgan fingerprint density at radius 2 is 1.81 bits per heavy atom. The molecule has 0 aromatic heterocycles. The van der Waals surface area contributed by atoms with Crippen LogP contribution in [0.5, 0.6) is 0 Å². The van der Waals surface area contributed by atoms with Crippen LogP contribution in [0.2, 0.25) is 0 Å². The van der Waals surface area contributed by atoms with E-state index in [0.717, 1.165) is 13.0 Å². The standard InChI is InChI=1S/C10H18Cl3N3/c1-5-6-16-8(10(11,12)13)15(7-14-16)9(2,3)4/h7-8H,5-6H2,1-4H3. The van der Waals surface area contributed by atoms with E-state index in [1.807, 2.05) is 9.91 Å². The largest absolute Gasteiger partial charge is 0.331 e. The average molecular weight is 287 g/mol. The summed E-state index contributed by atoms with van der Waals surface area (Å²) in [5.74, 6) is 0. The highest BCUT2D eigenvalue weighted by Gasteiger charge is 2.46. The molecule has 0 radical (unpaired) electrons. The second kappa shape index (κ2) is 4.79. The van der Waals surface area contributed by atoms with Gasteiger partial charge in [-0.1, -0.05) is 41.7 Å². The van der Waals surface area contributed by atoms with Gasteiger partial charge in [-0.3, -0.25) is 5.01 Å². The fourth-order valence-corrected chi connectivity index (χ4v) is 2.32. The number of nitrogens with zero attached hydrogens (tertiary/aromatic N) is 3. The van der Waals surface area contributed by atoms with Gasteiger partial charge >= 0.3 is 0 Å². The lowest BCUT2D eigenvalue weighted by Crippen LogP contribution is -2.55. The summed E-state index contributed by atoms with van der Waals surface area (Å²) < 4.78 is -1.38. The first-order valence-electron chi connectivity index (χ1n) is 5.34. The van der Waals surface area contributed by atoms with Crippen LogP contribution in [0.3, 0.4) is 0 Å². The van der Waals surface area contributed by atoms with Crippen LogP contribution in [0, 0.1) is 0 Å². The minimum atomic E-state index is -1.38. The summed E-state index contributed by atoms with van der Waals surface area (Å²) in [6.07, 6.45) is 2.38. The molecule has 16 heavy (non-hydrogen) atoms. The molecular formula is C10H18Cl3N3. The lowest BCUT2D eigenvalue weighted by atomic mass is 10.1. The van der Waals surface area contributed by atoms with Gasteiger partial charge in [-0.05, 0) is 27.2 Å². The molecule has 0 fully saturated rings. The van der Waals surface area contributed by atoms with Crippen molar-refractivity contribution in [2.45, 2.75) is 49.6 Å². The Morgan fingerprint density at radius 3 is 2.19 bits per heavy atom. The molecule has 6 heteroatoms. The van der Waals surface area contributed by atoms with Crippen LogP contribution in [-0.4, -0.2) is 38.3 Å². The Bertz CT molecular complexity index is 267. The third kappa shape index (κ3) is 3.08. The zero-order valence-corrected chi connectivity index (χ0v) is 12.3. The minimum absolute atomic E-state index is 0.124. The first-order valence-corrected chi connectivity index (χ1v) is 6.47. The third-order valence-corrected chi connectivity index (χ3v) is 2.98. The fraction of sp³-hybridized carbons (Fsp3) is 0.900. The quantitative estimate of drug-likeness (QED) is 0.724. The Kier molecular flexibility index (Phi) is 4.25. The van der Waals surface area contributed by atoms with E-state index >= 15 is 0 Å². The number of alkyl halides is 3. The van der Waals surface area contributed by atoms with Crippen molar-refractivity contribution in [2.75, 3.05) is 6.54 Å². The first-order chi connectivity index (χ1) is 7.18.